The maximum Gasteiger partial charge on any atom is 0.0703 e. The van der Waals surface area contributed by atoms with Crippen molar-refractivity contribution in [3.05, 3.63) is 241 Å². The van der Waals surface area contributed by atoms with Crippen LogP contribution in [-0.2, 0) is 8.84 Å². The van der Waals surface area contributed by atoms with E-state index in [1.807, 2.05) is 0 Å². The second-order valence-electron chi connectivity index (χ2n) is 21.0. The third kappa shape index (κ3) is 5.33. The van der Waals surface area contributed by atoms with Gasteiger partial charge in [-0.15, -0.1) is 0 Å². The highest BCUT2D eigenvalue weighted by Gasteiger charge is 2.39. The Morgan fingerprint density at radius 3 is 1.24 bits per heavy atom. The van der Waals surface area contributed by atoms with Gasteiger partial charge in [0.15, 0.2) is 0 Å². The highest BCUT2D eigenvalue weighted by molar-refractivity contribution is 14.1. The molecule has 0 aliphatic heterocycles. The van der Waals surface area contributed by atoms with E-state index in [2.05, 4.69) is 271 Å². The molecule has 0 amide bonds. The van der Waals surface area contributed by atoms with Crippen LogP contribution in [0.15, 0.2) is 218 Å². The summed E-state index contributed by atoms with van der Waals surface area (Å²) in [6, 6.07) is 82.9. The molecule has 2 aliphatic carbocycles. The number of hydrogen-bond acceptors (Lipinski definition) is 0. The van der Waals surface area contributed by atoms with E-state index in [4.69, 9.17) is 0 Å². The molecule has 16 rings (SSSR count). The van der Waals surface area contributed by atoms with E-state index >= 15 is 0 Å². The molecule has 338 valence electrons. The molecule has 2 aromatic heterocycles. The molecule has 1 atom stereocenters. The van der Waals surface area contributed by atoms with Crippen molar-refractivity contribution < 1.29 is 0 Å². The lowest BCUT2D eigenvalue weighted by Gasteiger charge is -2.22. The predicted molar refractivity (Wildman–Crippen MR) is 314 cm³/mol. The molecule has 0 radical (unpaired) electrons. The molecule has 2 heterocycles. The number of fused-ring (bicyclic) bond motifs is 18. The fourth-order valence-electron chi connectivity index (χ4n) is 13.5. The van der Waals surface area contributed by atoms with Gasteiger partial charge in [0.2, 0.25) is 0 Å². The lowest BCUT2D eigenvalue weighted by molar-refractivity contribution is 0.661. The Balaban J connectivity index is 0.980. The van der Waals surface area contributed by atoms with Crippen molar-refractivity contribution in [2.24, 2.45) is 0 Å². The van der Waals surface area contributed by atoms with Gasteiger partial charge in [-0.25, -0.2) is 0 Å². The van der Waals surface area contributed by atoms with Crippen LogP contribution in [-0.4, -0.2) is 9.13 Å². The van der Waals surface area contributed by atoms with Crippen LogP contribution >= 0.6 is 22.6 Å². The largest absolute Gasteiger partial charge is 0.309 e. The molecule has 0 bridgehead atoms. The number of aromatic nitrogens is 2. The smallest absolute Gasteiger partial charge is 0.0703 e. The fraction of sp³-hybridized carbons (Fsp3) is 0.0725. The Bertz CT molecular complexity index is 4450. The minimum Gasteiger partial charge on any atom is -0.309 e. The van der Waals surface area contributed by atoms with Gasteiger partial charge < -0.3 is 9.13 Å². The number of benzene rings is 12. The zero-order valence-electron chi connectivity index (χ0n) is 40.1. The van der Waals surface area contributed by atoms with Gasteiger partial charge in [0.25, 0.3) is 0 Å². The Morgan fingerprint density at radius 1 is 0.292 bits per heavy atom. The van der Waals surface area contributed by atoms with E-state index < -0.39 is 0 Å². The summed E-state index contributed by atoms with van der Waals surface area (Å²) < 4.78 is 4.96. The number of hydrogen-bond donors (Lipinski definition) is 0. The van der Waals surface area contributed by atoms with Crippen molar-refractivity contribution >= 4 is 109 Å². The standard InChI is InChI=1S/C69H45IN2/c1-68(2)58-26-14-12-22-48(58)52-36-56-54-32-40(28-30-62(54)71(66(56)38-60(52)68)64-34-42-16-4-6-18-44(42)46-20-8-10-24-50(46)64)41-29-31-63-55(33-41)57-37-53-49-23-13-15-27-59(49)69(3,70)61(53)39-67(57)72(63)65-35-43-17-5-7-19-45(43)47-21-9-11-25-51(47)65/h4-39H,1-3H3. The van der Waals surface area contributed by atoms with Gasteiger partial charge in [-0.05, 0) is 156 Å². The van der Waals surface area contributed by atoms with Gasteiger partial charge in [0, 0.05) is 37.7 Å². The molecule has 0 saturated carbocycles. The molecule has 2 nitrogen and oxygen atoms in total. The Labute approximate surface area is 430 Å². The zero-order valence-corrected chi connectivity index (χ0v) is 42.2. The summed E-state index contributed by atoms with van der Waals surface area (Å²) in [7, 11) is 0. The highest BCUT2D eigenvalue weighted by Crippen LogP contribution is 2.56. The van der Waals surface area contributed by atoms with Crippen molar-refractivity contribution in [2.75, 3.05) is 0 Å². The lowest BCUT2D eigenvalue weighted by atomic mass is 9.82. The Kier molecular flexibility index (Phi) is 8.10. The van der Waals surface area contributed by atoms with E-state index in [-0.39, 0.29) is 8.84 Å². The van der Waals surface area contributed by atoms with E-state index in [0.29, 0.717) is 0 Å². The summed E-state index contributed by atoms with van der Waals surface area (Å²) in [5.41, 5.74) is 20.4. The third-order valence-electron chi connectivity index (χ3n) is 16.9. The molecule has 0 fully saturated rings. The first kappa shape index (κ1) is 40.7. The molecular formula is C69H45IN2. The van der Waals surface area contributed by atoms with Crippen molar-refractivity contribution in [1.82, 2.24) is 9.13 Å². The second kappa shape index (κ2) is 14.3. The van der Waals surface area contributed by atoms with Crippen LogP contribution in [0, 0.1) is 0 Å². The molecule has 0 saturated heterocycles. The highest BCUT2D eigenvalue weighted by atomic mass is 127. The molecule has 0 N–H and O–H groups in total. The summed E-state index contributed by atoms with van der Waals surface area (Å²) in [5.74, 6) is 0. The third-order valence-corrected chi connectivity index (χ3v) is 18.1. The SMILES string of the molecule is CC1(C)c2ccccc2-c2cc3c4cc(-c5ccc6c(c5)c5cc7c(cc5n6-c5cc6ccccc6c6ccccc56)C(C)(I)c5ccccc5-7)ccc4n(-c4cc5ccccc5c5ccccc45)c3cc21. The first-order chi connectivity index (χ1) is 35.2. The van der Waals surface area contributed by atoms with Gasteiger partial charge in [0.1, 0.15) is 0 Å². The van der Waals surface area contributed by atoms with Crippen molar-refractivity contribution in [3.63, 3.8) is 0 Å². The van der Waals surface area contributed by atoms with Crippen LogP contribution in [0.25, 0.3) is 131 Å². The predicted octanol–water partition coefficient (Wildman–Crippen LogP) is 19.1. The average Bonchev–Trinajstić information content (AvgIpc) is 4.07. The van der Waals surface area contributed by atoms with Crippen LogP contribution < -0.4 is 0 Å². The van der Waals surface area contributed by atoms with Crippen LogP contribution in [0.5, 0.6) is 0 Å². The van der Waals surface area contributed by atoms with Crippen molar-refractivity contribution in [2.45, 2.75) is 29.6 Å². The topological polar surface area (TPSA) is 9.86 Å². The summed E-state index contributed by atoms with van der Waals surface area (Å²) in [5, 5.41) is 15.1. The van der Waals surface area contributed by atoms with Crippen molar-refractivity contribution in [3.8, 4) is 44.8 Å². The number of halogens is 1. The Morgan fingerprint density at radius 2 is 0.694 bits per heavy atom. The van der Waals surface area contributed by atoms with E-state index in [9.17, 15) is 0 Å². The maximum absolute atomic E-state index is 2.69. The molecule has 12 aromatic carbocycles. The van der Waals surface area contributed by atoms with Gasteiger partial charge >= 0.3 is 0 Å². The monoisotopic (exact) mass is 1030 g/mol. The first-order valence-corrected chi connectivity index (χ1v) is 26.3. The quantitative estimate of drug-likeness (QED) is 0.0948. The minimum atomic E-state index is -0.165. The number of nitrogens with zero attached hydrogens (tertiary/aromatic N) is 2. The maximum atomic E-state index is 2.69. The molecule has 2 aliphatic rings. The van der Waals surface area contributed by atoms with Crippen LogP contribution in [0.3, 0.4) is 0 Å². The molecule has 72 heavy (non-hydrogen) atoms. The lowest BCUT2D eigenvalue weighted by Crippen LogP contribution is -2.15. The van der Waals surface area contributed by atoms with Crippen LogP contribution in [0.1, 0.15) is 43.0 Å². The van der Waals surface area contributed by atoms with Gasteiger partial charge in [-0.1, -0.05) is 194 Å². The Hall–Kier alpha value is -7.99. The fourth-order valence-corrected chi connectivity index (χ4v) is 14.4. The first-order valence-electron chi connectivity index (χ1n) is 25.2. The summed E-state index contributed by atoms with van der Waals surface area (Å²) in [4.78, 5) is 0. The average molecular weight is 1030 g/mol. The van der Waals surface area contributed by atoms with Gasteiger partial charge in [-0.2, -0.15) is 0 Å². The molecular weight excluding hydrogens is 984 g/mol. The van der Waals surface area contributed by atoms with E-state index in [1.54, 1.807) is 0 Å². The summed E-state index contributed by atoms with van der Waals surface area (Å²) >= 11 is 2.69. The summed E-state index contributed by atoms with van der Waals surface area (Å²) in [6.07, 6.45) is 0. The van der Waals surface area contributed by atoms with Crippen LogP contribution in [0.2, 0.25) is 0 Å². The second-order valence-corrected chi connectivity index (χ2v) is 23.2. The van der Waals surface area contributed by atoms with Gasteiger partial charge in [0.05, 0.1) is 36.9 Å². The minimum absolute atomic E-state index is 0.136. The molecule has 14 aromatic rings. The van der Waals surface area contributed by atoms with Crippen LogP contribution in [0.4, 0.5) is 0 Å². The van der Waals surface area contributed by atoms with Gasteiger partial charge in [-0.3, -0.25) is 0 Å². The zero-order chi connectivity index (χ0) is 47.8. The van der Waals surface area contributed by atoms with Crippen molar-refractivity contribution in [1.29, 1.82) is 0 Å². The molecule has 1 unspecified atom stereocenters. The summed E-state index contributed by atoms with van der Waals surface area (Å²) in [6.45, 7) is 7.16. The van der Waals surface area contributed by atoms with E-state index in [1.165, 1.54) is 154 Å². The normalized spacial score (nSPS) is 15.7. The number of alkyl halides is 1. The molecule has 0 spiro atoms. The van der Waals surface area contributed by atoms with E-state index in [0.717, 1.165) is 0 Å². The number of rotatable bonds is 3. The molecule has 3 heteroatoms.